The van der Waals surface area contributed by atoms with E-state index in [9.17, 15) is 0 Å². The summed E-state index contributed by atoms with van der Waals surface area (Å²) >= 11 is 0. The van der Waals surface area contributed by atoms with Gasteiger partial charge >= 0.3 is 0 Å². The van der Waals surface area contributed by atoms with Gasteiger partial charge in [-0.1, -0.05) is 57.5 Å². The molecule has 0 saturated carbocycles. The lowest BCUT2D eigenvalue weighted by molar-refractivity contribution is 0.246. The molecule has 0 amide bonds. The molecule has 0 fully saturated rings. The molecule has 1 aliphatic rings. The molecule has 1 unspecified atom stereocenters. The van der Waals surface area contributed by atoms with Crippen molar-refractivity contribution in [2.24, 2.45) is 11.8 Å². The number of hydrogen-bond donors (Lipinski definition) is 0. The van der Waals surface area contributed by atoms with E-state index in [1.165, 1.54) is 40.7 Å². The molecule has 1 aliphatic carbocycles. The fraction of sp³-hybridized carbons (Fsp3) is 0.455. The van der Waals surface area contributed by atoms with Crippen molar-refractivity contribution in [2.45, 2.75) is 47.0 Å². The number of rotatable bonds is 6. The van der Waals surface area contributed by atoms with Gasteiger partial charge in [-0.2, -0.15) is 0 Å². The lowest BCUT2D eigenvalue weighted by Gasteiger charge is -2.17. The van der Waals surface area contributed by atoms with Crippen LogP contribution in [-0.4, -0.2) is 6.61 Å². The Labute approximate surface area is 140 Å². The normalized spacial score (nSPS) is 13.8. The number of aryl methyl sites for hydroxylation is 1. The molecule has 0 aliphatic heterocycles. The molecule has 122 valence electrons. The van der Waals surface area contributed by atoms with E-state index in [4.69, 9.17) is 4.74 Å². The average Bonchev–Trinajstić information content (AvgIpc) is 2.88. The third kappa shape index (κ3) is 3.60. The maximum atomic E-state index is 6.28. The Bertz CT molecular complexity index is 684. The second-order valence-electron chi connectivity index (χ2n) is 7.52. The molecule has 0 bridgehead atoms. The lowest BCUT2D eigenvalue weighted by atomic mass is 10.00. The Kier molecular flexibility index (Phi) is 4.75. The zero-order valence-corrected chi connectivity index (χ0v) is 14.9. The third-order valence-corrected chi connectivity index (χ3v) is 4.76. The molecular formula is C22H28O. The first-order chi connectivity index (χ1) is 11.0. The minimum Gasteiger partial charge on any atom is -0.493 e. The van der Waals surface area contributed by atoms with Crippen LogP contribution in [0.1, 0.15) is 50.3 Å². The molecular weight excluding hydrogens is 280 g/mol. The predicted molar refractivity (Wildman–Crippen MR) is 98.2 cm³/mol. The van der Waals surface area contributed by atoms with Crippen molar-refractivity contribution in [1.29, 1.82) is 0 Å². The van der Waals surface area contributed by atoms with Crippen LogP contribution in [0, 0.1) is 18.8 Å². The highest BCUT2D eigenvalue weighted by Crippen LogP contribution is 2.43. The highest BCUT2D eigenvalue weighted by molar-refractivity contribution is 5.82. The average molecular weight is 308 g/mol. The Hall–Kier alpha value is -1.76. The molecule has 2 aromatic rings. The molecule has 1 nitrogen and oxygen atoms in total. The Morgan fingerprint density at radius 2 is 1.78 bits per heavy atom. The lowest BCUT2D eigenvalue weighted by Crippen LogP contribution is -2.10. The van der Waals surface area contributed by atoms with Crippen molar-refractivity contribution < 1.29 is 4.74 Å². The highest BCUT2D eigenvalue weighted by Gasteiger charge is 2.22. The zero-order valence-electron chi connectivity index (χ0n) is 14.9. The van der Waals surface area contributed by atoms with Crippen LogP contribution in [-0.2, 0) is 6.42 Å². The maximum Gasteiger partial charge on any atom is 0.127 e. The molecule has 0 N–H and O–H groups in total. The summed E-state index contributed by atoms with van der Waals surface area (Å²) in [5.41, 5.74) is 6.80. The van der Waals surface area contributed by atoms with Gasteiger partial charge in [0.05, 0.1) is 6.61 Å². The van der Waals surface area contributed by atoms with Gasteiger partial charge in [0.15, 0.2) is 0 Å². The van der Waals surface area contributed by atoms with Gasteiger partial charge in [-0.3, -0.25) is 0 Å². The van der Waals surface area contributed by atoms with Gasteiger partial charge in [-0.15, -0.1) is 0 Å². The molecule has 0 aromatic heterocycles. The topological polar surface area (TPSA) is 9.23 Å². The molecule has 0 saturated heterocycles. The largest absolute Gasteiger partial charge is 0.493 e. The second-order valence-corrected chi connectivity index (χ2v) is 7.52. The van der Waals surface area contributed by atoms with Crippen LogP contribution in [0.2, 0.25) is 0 Å². The third-order valence-electron chi connectivity index (χ3n) is 4.76. The van der Waals surface area contributed by atoms with Crippen molar-refractivity contribution in [3.8, 4) is 16.9 Å². The van der Waals surface area contributed by atoms with E-state index < -0.39 is 0 Å². The molecule has 3 rings (SSSR count). The Balaban J connectivity index is 1.79. The molecule has 2 aromatic carbocycles. The summed E-state index contributed by atoms with van der Waals surface area (Å²) in [6, 6.07) is 13.2. The van der Waals surface area contributed by atoms with E-state index in [2.05, 4.69) is 64.1 Å². The van der Waals surface area contributed by atoms with Crippen molar-refractivity contribution in [3.63, 3.8) is 0 Å². The highest BCUT2D eigenvalue weighted by atomic mass is 16.5. The van der Waals surface area contributed by atoms with E-state index in [1.54, 1.807) is 0 Å². The number of benzene rings is 2. The summed E-state index contributed by atoms with van der Waals surface area (Å²) < 4.78 is 6.28. The maximum absolute atomic E-state index is 6.28. The SMILES string of the molecule is Cc1cc2c(c(OCC(C)CCC(C)C)c1)-c1ccccc1C2. The summed E-state index contributed by atoms with van der Waals surface area (Å²) in [4.78, 5) is 0. The van der Waals surface area contributed by atoms with Crippen LogP contribution in [0.4, 0.5) is 0 Å². The van der Waals surface area contributed by atoms with Gasteiger partial charge < -0.3 is 4.74 Å². The van der Waals surface area contributed by atoms with E-state index in [-0.39, 0.29) is 0 Å². The van der Waals surface area contributed by atoms with Crippen molar-refractivity contribution in [1.82, 2.24) is 0 Å². The summed E-state index contributed by atoms with van der Waals surface area (Å²) in [5, 5.41) is 0. The summed E-state index contributed by atoms with van der Waals surface area (Å²) in [6.07, 6.45) is 3.55. The first-order valence-corrected chi connectivity index (χ1v) is 8.89. The van der Waals surface area contributed by atoms with Gasteiger partial charge in [0.1, 0.15) is 5.75 Å². The van der Waals surface area contributed by atoms with Gasteiger partial charge in [-0.05, 0) is 59.9 Å². The zero-order chi connectivity index (χ0) is 16.4. The molecule has 1 atom stereocenters. The fourth-order valence-corrected chi connectivity index (χ4v) is 3.44. The first-order valence-electron chi connectivity index (χ1n) is 8.89. The number of hydrogen-bond acceptors (Lipinski definition) is 1. The Morgan fingerprint density at radius 1 is 1.00 bits per heavy atom. The van der Waals surface area contributed by atoms with E-state index >= 15 is 0 Å². The smallest absolute Gasteiger partial charge is 0.127 e. The Morgan fingerprint density at radius 3 is 2.57 bits per heavy atom. The van der Waals surface area contributed by atoms with Crippen molar-refractivity contribution >= 4 is 0 Å². The first kappa shape index (κ1) is 16.1. The molecule has 1 heteroatoms. The number of fused-ring (bicyclic) bond motifs is 3. The van der Waals surface area contributed by atoms with E-state index in [0.717, 1.165) is 24.7 Å². The monoisotopic (exact) mass is 308 g/mol. The summed E-state index contributed by atoms with van der Waals surface area (Å²) in [6.45, 7) is 9.85. The van der Waals surface area contributed by atoms with Gasteiger partial charge in [0.25, 0.3) is 0 Å². The van der Waals surface area contributed by atoms with Crippen LogP contribution in [0.3, 0.4) is 0 Å². The fourth-order valence-electron chi connectivity index (χ4n) is 3.44. The van der Waals surface area contributed by atoms with Crippen LogP contribution in [0.5, 0.6) is 5.75 Å². The van der Waals surface area contributed by atoms with Crippen LogP contribution in [0.25, 0.3) is 11.1 Å². The quantitative estimate of drug-likeness (QED) is 0.541. The number of ether oxygens (including phenoxy) is 1. The molecule has 0 spiro atoms. The van der Waals surface area contributed by atoms with Crippen LogP contribution < -0.4 is 4.74 Å². The van der Waals surface area contributed by atoms with Crippen LogP contribution in [0.15, 0.2) is 36.4 Å². The van der Waals surface area contributed by atoms with E-state index in [1.807, 2.05) is 0 Å². The standard InChI is InChI=1S/C22H28O/c1-15(2)9-10-16(3)14-23-21-12-17(4)11-19-13-18-7-5-6-8-20(18)22(19)21/h5-8,11-12,15-16H,9-10,13-14H2,1-4H3. The molecule has 23 heavy (non-hydrogen) atoms. The van der Waals surface area contributed by atoms with Gasteiger partial charge in [0, 0.05) is 5.56 Å². The predicted octanol–water partition coefficient (Wildman–Crippen LogP) is 6.02. The summed E-state index contributed by atoms with van der Waals surface area (Å²) in [5.74, 6) is 2.44. The minimum atomic E-state index is 0.602. The van der Waals surface area contributed by atoms with Gasteiger partial charge in [0.2, 0.25) is 0 Å². The second kappa shape index (κ2) is 6.78. The minimum absolute atomic E-state index is 0.602. The molecule has 0 radical (unpaired) electrons. The van der Waals surface area contributed by atoms with E-state index in [0.29, 0.717) is 5.92 Å². The molecule has 0 heterocycles. The van der Waals surface area contributed by atoms with Crippen LogP contribution >= 0.6 is 0 Å². The van der Waals surface area contributed by atoms with Crippen molar-refractivity contribution in [3.05, 3.63) is 53.1 Å². The van der Waals surface area contributed by atoms with Crippen molar-refractivity contribution in [2.75, 3.05) is 6.61 Å². The van der Waals surface area contributed by atoms with Gasteiger partial charge in [-0.25, -0.2) is 0 Å². The summed E-state index contributed by atoms with van der Waals surface area (Å²) in [7, 11) is 0.